The maximum absolute atomic E-state index is 11.9. The van der Waals surface area contributed by atoms with Crippen molar-refractivity contribution in [2.24, 2.45) is 0 Å². The molecule has 0 bridgehead atoms. The van der Waals surface area contributed by atoms with Crippen LogP contribution in [0.15, 0.2) is 17.1 Å². The van der Waals surface area contributed by atoms with Gasteiger partial charge in [-0.1, -0.05) is 6.42 Å². The zero-order valence-corrected chi connectivity index (χ0v) is 12.6. The summed E-state index contributed by atoms with van der Waals surface area (Å²) < 4.78 is 6.40. The van der Waals surface area contributed by atoms with E-state index in [1.54, 1.807) is 19.4 Å². The maximum Gasteiger partial charge on any atom is 0.303 e. The predicted molar refractivity (Wildman–Crippen MR) is 79.7 cm³/mol. The molecule has 0 aromatic carbocycles. The van der Waals surface area contributed by atoms with Crippen molar-refractivity contribution in [2.45, 2.75) is 32.2 Å². The second-order valence-electron chi connectivity index (χ2n) is 4.89. The molecule has 0 amide bonds. The average molecular weight is 297 g/mol. The normalized spacial score (nSPS) is 10.6. The molecular weight excluding hydrogens is 274 g/mol. The van der Waals surface area contributed by atoms with Crippen LogP contribution >= 0.6 is 0 Å². The monoisotopic (exact) mass is 297 g/mol. The molecule has 1 aromatic heterocycles. The molecule has 7 heteroatoms. The van der Waals surface area contributed by atoms with Gasteiger partial charge in [0.25, 0.3) is 5.56 Å². The molecule has 7 nitrogen and oxygen atoms in total. The van der Waals surface area contributed by atoms with Gasteiger partial charge in [0.2, 0.25) is 0 Å². The number of aromatic nitrogens is 2. The topological polar surface area (TPSA) is 84.7 Å². The number of hydrogen-bond acceptors (Lipinski definition) is 5. The molecule has 0 saturated carbocycles. The van der Waals surface area contributed by atoms with Crippen LogP contribution < -0.4 is 10.5 Å². The molecule has 0 aliphatic rings. The summed E-state index contributed by atoms with van der Waals surface area (Å²) in [5.74, 6) is -0.784. The minimum Gasteiger partial charge on any atom is -0.481 e. The van der Waals surface area contributed by atoms with Crippen molar-refractivity contribution in [1.29, 1.82) is 0 Å². The zero-order chi connectivity index (χ0) is 15.7. The van der Waals surface area contributed by atoms with Crippen LogP contribution in [-0.2, 0) is 16.1 Å². The SMILES string of the molecule is COCCN(C)c1cnn(CCCCCC(=O)O)c(=O)c1. The lowest BCUT2D eigenvalue weighted by Crippen LogP contribution is -2.27. The van der Waals surface area contributed by atoms with Crippen LogP contribution in [-0.4, -0.2) is 48.2 Å². The van der Waals surface area contributed by atoms with Crippen molar-refractivity contribution < 1.29 is 14.6 Å². The van der Waals surface area contributed by atoms with E-state index in [0.29, 0.717) is 26.1 Å². The molecule has 0 aliphatic heterocycles. The minimum atomic E-state index is -0.784. The number of nitrogens with zero attached hydrogens (tertiary/aromatic N) is 3. The molecule has 0 aliphatic carbocycles. The van der Waals surface area contributed by atoms with Crippen LogP contribution in [0.5, 0.6) is 0 Å². The average Bonchev–Trinajstić information content (AvgIpc) is 2.45. The molecule has 1 heterocycles. The van der Waals surface area contributed by atoms with Crippen LogP contribution in [0.25, 0.3) is 0 Å². The second-order valence-corrected chi connectivity index (χ2v) is 4.89. The summed E-state index contributed by atoms with van der Waals surface area (Å²) >= 11 is 0. The molecule has 1 N–H and O–H groups in total. The number of carboxylic acids is 1. The van der Waals surface area contributed by atoms with Crippen molar-refractivity contribution in [2.75, 3.05) is 32.2 Å². The van der Waals surface area contributed by atoms with Crippen LogP contribution in [0.3, 0.4) is 0 Å². The maximum atomic E-state index is 11.9. The van der Waals surface area contributed by atoms with Crippen molar-refractivity contribution in [3.63, 3.8) is 0 Å². The van der Waals surface area contributed by atoms with E-state index in [0.717, 1.165) is 18.5 Å². The molecule has 0 fully saturated rings. The Morgan fingerprint density at radius 2 is 2.19 bits per heavy atom. The summed E-state index contributed by atoms with van der Waals surface area (Å²) in [4.78, 5) is 24.2. The van der Waals surface area contributed by atoms with E-state index in [9.17, 15) is 9.59 Å². The van der Waals surface area contributed by atoms with E-state index >= 15 is 0 Å². The lowest BCUT2D eigenvalue weighted by molar-refractivity contribution is -0.137. The van der Waals surface area contributed by atoms with Crippen LogP contribution in [0.4, 0.5) is 5.69 Å². The Morgan fingerprint density at radius 1 is 1.43 bits per heavy atom. The first-order chi connectivity index (χ1) is 10.0. The molecule has 1 rings (SSSR count). The number of methoxy groups -OCH3 is 1. The Balaban J connectivity index is 2.46. The Hall–Kier alpha value is -1.89. The number of likely N-dealkylation sites (N-methyl/N-ethyl adjacent to an activating group) is 1. The summed E-state index contributed by atoms with van der Waals surface area (Å²) in [5.41, 5.74) is 0.620. The number of hydrogen-bond donors (Lipinski definition) is 1. The number of carboxylic acid groups (broad SMARTS) is 1. The highest BCUT2D eigenvalue weighted by Crippen LogP contribution is 2.07. The largest absolute Gasteiger partial charge is 0.481 e. The van der Waals surface area contributed by atoms with Gasteiger partial charge in [-0.15, -0.1) is 0 Å². The Kier molecular flexibility index (Phi) is 7.45. The first kappa shape index (κ1) is 17.2. The molecule has 0 saturated heterocycles. The van der Waals surface area contributed by atoms with Gasteiger partial charge >= 0.3 is 5.97 Å². The first-order valence-electron chi connectivity index (χ1n) is 7.03. The quantitative estimate of drug-likeness (QED) is 0.648. The number of rotatable bonds is 10. The fraction of sp³-hybridized carbons (Fsp3) is 0.643. The van der Waals surface area contributed by atoms with E-state index < -0.39 is 5.97 Å². The molecule has 21 heavy (non-hydrogen) atoms. The fourth-order valence-corrected chi connectivity index (χ4v) is 1.87. The fourth-order valence-electron chi connectivity index (χ4n) is 1.87. The van der Waals surface area contributed by atoms with Gasteiger partial charge in [0.1, 0.15) is 0 Å². The number of aryl methyl sites for hydroxylation is 1. The van der Waals surface area contributed by atoms with Gasteiger partial charge in [-0.05, 0) is 12.8 Å². The van der Waals surface area contributed by atoms with Crippen LogP contribution in [0.2, 0.25) is 0 Å². The van der Waals surface area contributed by atoms with Gasteiger partial charge in [-0.2, -0.15) is 5.10 Å². The second kappa shape index (κ2) is 9.12. The number of aliphatic carboxylic acids is 1. The van der Waals surface area contributed by atoms with Gasteiger partial charge in [-0.3, -0.25) is 9.59 Å². The van der Waals surface area contributed by atoms with E-state index in [-0.39, 0.29) is 12.0 Å². The third kappa shape index (κ3) is 6.40. The smallest absolute Gasteiger partial charge is 0.303 e. The number of carbonyl (C=O) groups is 1. The minimum absolute atomic E-state index is 0.144. The number of anilines is 1. The molecule has 118 valence electrons. The summed E-state index contributed by atoms with van der Waals surface area (Å²) in [5, 5.41) is 12.7. The van der Waals surface area contributed by atoms with Gasteiger partial charge in [0.15, 0.2) is 0 Å². The van der Waals surface area contributed by atoms with Crippen molar-refractivity contribution >= 4 is 11.7 Å². The highest BCUT2D eigenvalue weighted by atomic mass is 16.5. The van der Waals surface area contributed by atoms with Gasteiger partial charge in [0, 0.05) is 39.7 Å². The van der Waals surface area contributed by atoms with E-state index in [1.807, 2.05) is 11.9 Å². The predicted octanol–water partition coefficient (Wildman–Crippen LogP) is 0.971. The molecule has 0 spiro atoms. The standard InChI is InChI=1S/C14H23N3O4/c1-16(8-9-21-2)12-10-13(18)17(15-11-12)7-5-3-4-6-14(19)20/h10-11H,3-9H2,1-2H3,(H,19,20). The lowest BCUT2D eigenvalue weighted by Gasteiger charge is -2.18. The Bertz CT molecular complexity index is 501. The van der Waals surface area contributed by atoms with E-state index in [2.05, 4.69) is 5.10 Å². The summed E-state index contributed by atoms with van der Waals surface area (Å²) in [7, 11) is 3.51. The van der Waals surface area contributed by atoms with E-state index in [4.69, 9.17) is 9.84 Å². The number of ether oxygens (including phenoxy) is 1. The molecule has 1 aromatic rings. The summed E-state index contributed by atoms with van der Waals surface area (Å²) in [6.45, 7) is 1.79. The van der Waals surface area contributed by atoms with Gasteiger partial charge < -0.3 is 14.7 Å². The molecule has 0 unspecified atom stereocenters. The zero-order valence-electron chi connectivity index (χ0n) is 12.6. The van der Waals surface area contributed by atoms with E-state index in [1.165, 1.54) is 4.68 Å². The highest BCUT2D eigenvalue weighted by molar-refractivity contribution is 5.66. The van der Waals surface area contributed by atoms with Crippen molar-refractivity contribution in [3.05, 3.63) is 22.6 Å². The molecular formula is C14H23N3O4. The van der Waals surface area contributed by atoms with Gasteiger partial charge in [0.05, 0.1) is 18.5 Å². The Labute approximate surface area is 124 Å². The lowest BCUT2D eigenvalue weighted by atomic mass is 10.2. The third-order valence-electron chi connectivity index (χ3n) is 3.19. The number of unbranched alkanes of at least 4 members (excludes halogenated alkanes) is 2. The first-order valence-corrected chi connectivity index (χ1v) is 7.03. The van der Waals surface area contributed by atoms with Crippen LogP contribution in [0, 0.1) is 0 Å². The third-order valence-corrected chi connectivity index (χ3v) is 3.19. The van der Waals surface area contributed by atoms with Crippen LogP contribution in [0.1, 0.15) is 25.7 Å². The van der Waals surface area contributed by atoms with Crippen molar-refractivity contribution in [3.8, 4) is 0 Å². The molecule has 0 radical (unpaired) electrons. The Morgan fingerprint density at radius 3 is 2.81 bits per heavy atom. The van der Waals surface area contributed by atoms with Crippen molar-refractivity contribution in [1.82, 2.24) is 9.78 Å². The van der Waals surface area contributed by atoms with Gasteiger partial charge in [-0.25, -0.2) is 4.68 Å². The summed E-state index contributed by atoms with van der Waals surface area (Å²) in [6, 6.07) is 1.56. The summed E-state index contributed by atoms with van der Waals surface area (Å²) in [6.07, 6.45) is 3.98. The molecule has 0 atom stereocenters. The highest BCUT2D eigenvalue weighted by Gasteiger charge is 2.05.